The van der Waals surface area contributed by atoms with E-state index < -0.39 is 0 Å². The molecule has 0 aliphatic carbocycles. The van der Waals surface area contributed by atoms with E-state index in [1.807, 2.05) is 61.5 Å². The van der Waals surface area contributed by atoms with Crippen molar-refractivity contribution in [3.05, 3.63) is 78.1 Å². The van der Waals surface area contributed by atoms with Gasteiger partial charge < -0.3 is 10.1 Å². The SMILES string of the molecule is CCCOc1ccc(NC(=O)c2cnn3c(-c4ccccc4)ccnc23)c(C)c1. The van der Waals surface area contributed by atoms with Gasteiger partial charge in [0.25, 0.3) is 5.91 Å². The maximum Gasteiger partial charge on any atom is 0.261 e. The van der Waals surface area contributed by atoms with Crippen LogP contribution in [0.25, 0.3) is 16.9 Å². The lowest BCUT2D eigenvalue weighted by Crippen LogP contribution is -2.13. The smallest absolute Gasteiger partial charge is 0.261 e. The molecule has 29 heavy (non-hydrogen) atoms. The second kappa shape index (κ2) is 8.14. The largest absolute Gasteiger partial charge is 0.494 e. The van der Waals surface area contributed by atoms with Crippen LogP contribution in [0.1, 0.15) is 29.3 Å². The predicted molar refractivity (Wildman–Crippen MR) is 113 cm³/mol. The van der Waals surface area contributed by atoms with Crippen LogP contribution < -0.4 is 10.1 Å². The van der Waals surface area contributed by atoms with Crippen LogP contribution in [-0.2, 0) is 0 Å². The Bertz CT molecular complexity index is 1150. The summed E-state index contributed by atoms with van der Waals surface area (Å²) in [6.07, 6.45) is 4.20. The van der Waals surface area contributed by atoms with E-state index >= 15 is 0 Å². The van der Waals surface area contributed by atoms with E-state index in [0.717, 1.165) is 34.7 Å². The molecular weight excluding hydrogens is 364 g/mol. The lowest BCUT2D eigenvalue weighted by Gasteiger charge is -2.11. The zero-order valence-corrected chi connectivity index (χ0v) is 16.4. The molecule has 0 atom stereocenters. The summed E-state index contributed by atoms with van der Waals surface area (Å²) in [5.74, 6) is 0.551. The van der Waals surface area contributed by atoms with Crippen molar-refractivity contribution in [1.29, 1.82) is 0 Å². The summed E-state index contributed by atoms with van der Waals surface area (Å²) in [6.45, 7) is 4.67. The summed E-state index contributed by atoms with van der Waals surface area (Å²) in [4.78, 5) is 17.3. The fraction of sp³-hybridized carbons (Fsp3) is 0.174. The Morgan fingerprint density at radius 2 is 1.97 bits per heavy atom. The summed E-state index contributed by atoms with van der Waals surface area (Å²) in [6, 6.07) is 17.4. The van der Waals surface area contributed by atoms with E-state index in [4.69, 9.17) is 4.74 Å². The van der Waals surface area contributed by atoms with Gasteiger partial charge in [0.15, 0.2) is 5.65 Å². The van der Waals surface area contributed by atoms with Crippen molar-refractivity contribution in [2.45, 2.75) is 20.3 Å². The predicted octanol–water partition coefficient (Wildman–Crippen LogP) is 4.75. The number of benzene rings is 2. The summed E-state index contributed by atoms with van der Waals surface area (Å²) in [5, 5.41) is 7.36. The number of anilines is 1. The summed E-state index contributed by atoms with van der Waals surface area (Å²) < 4.78 is 7.34. The minimum absolute atomic E-state index is 0.247. The molecule has 0 fully saturated rings. The number of fused-ring (bicyclic) bond motifs is 1. The molecule has 0 radical (unpaired) electrons. The van der Waals surface area contributed by atoms with E-state index in [9.17, 15) is 4.79 Å². The zero-order valence-electron chi connectivity index (χ0n) is 16.4. The van der Waals surface area contributed by atoms with Gasteiger partial charge in [-0.05, 0) is 43.2 Å². The molecule has 0 spiro atoms. The molecular formula is C23H22N4O2. The van der Waals surface area contributed by atoms with Gasteiger partial charge in [-0.3, -0.25) is 4.79 Å². The van der Waals surface area contributed by atoms with E-state index in [1.54, 1.807) is 16.9 Å². The normalized spacial score (nSPS) is 10.8. The molecule has 0 aliphatic heterocycles. The summed E-state index contributed by atoms with van der Waals surface area (Å²) in [5.41, 5.74) is 4.49. The van der Waals surface area contributed by atoms with Crippen molar-refractivity contribution in [3.8, 4) is 17.0 Å². The van der Waals surface area contributed by atoms with Crippen molar-refractivity contribution >= 4 is 17.2 Å². The monoisotopic (exact) mass is 386 g/mol. The molecule has 2 aromatic carbocycles. The Morgan fingerprint density at radius 1 is 1.14 bits per heavy atom. The first-order valence-electron chi connectivity index (χ1n) is 9.60. The highest BCUT2D eigenvalue weighted by Gasteiger charge is 2.17. The Morgan fingerprint density at radius 3 is 2.72 bits per heavy atom. The number of nitrogens with zero attached hydrogens (tertiary/aromatic N) is 3. The molecule has 0 saturated heterocycles. The molecule has 6 nitrogen and oxygen atoms in total. The summed E-state index contributed by atoms with van der Waals surface area (Å²) >= 11 is 0. The van der Waals surface area contributed by atoms with Crippen molar-refractivity contribution in [3.63, 3.8) is 0 Å². The highest BCUT2D eigenvalue weighted by atomic mass is 16.5. The minimum atomic E-state index is -0.247. The Balaban J connectivity index is 1.62. The molecule has 4 rings (SSSR count). The van der Waals surface area contributed by atoms with Gasteiger partial charge in [0.05, 0.1) is 18.5 Å². The zero-order chi connectivity index (χ0) is 20.2. The Kier molecular flexibility index (Phi) is 5.24. The average molecular weight is 386 g/mol. The quantitative estimate of drug-likeness (QED) is 0.519. The molecule has 1 amide bonds. The highest BCUT2D eigenvalue weighted by Crippen LogP contribution is 2.24. The van der Waals surface area contributed by atoms with E-state index in [2.05, 4.69) is 22.3 Å². The van der Waals surface area contributed by atoms with Crippen molar-refractivity contribution in [2.24, 2.45) is 0 Å². The van der Waals surface area contributed by atoms with Gasteiger partial charge in [-0.1, -0.05) is 37.3 Å². The van der Waals surface area contributed by atoms with Crippen LogP contribution in [-0.4, -0.2) is 27.1 Å². The third kappa shape index (κ3) is 3.82. The second-order valence-corrected chi connectivity index (χ2v) is 6.77. The fourth-order valence-corrected chi connectivity index (χ4v) is 3.15. The molecule has 0 unspecified atom stereocenters. The van der Waals surface area contributed by atoms with Crippen molar-refractivity contribution < 1.29 is 9.53 Å². The molecule has 0 saturated carbocycles. The number of carbonyl (C=O) groups is 1. The number of amides is 1. The molecule has 0 bridgehead atoms. The molecule has 0 aliphatic rings. The standard InChI is InChI=1S/C23H22N4O2/c1-3-13-29-18-9-10-20(16(2)14-18)26-23(28)19-15-25-27-21(11-12-24-22(19)27)17-7-5-4-6-8-17/h4-12,14-15H,3,13H2,1-2H3,(H,26,28). The fourth-order valence-electron chi connectivity index (χ4n) is 3.15. The van der Waals surface area contributed by atoms with Crippen LogP contribution in [0.2, 0.25) is 0 Å². The van der Waals surface area contributed by atoms with Gasteiger partial charge in [-0.2, -0.15) is 5.10 Å². The van der Waals surface area contributed by atoms with Crippen molar-refractivity contribution in [2.75, 3.05) is 11.9 Å². The van der Waals surface area contributed by atoms with Gasteiger partial charge in [0.1, 0.15) is 11.3 Å². The number of carbonyl (C=O) groups excluding carboxylic acids is 1. The highest BCUT2D eigenvalue weighted by molar-refractivity contribution is 6.08. The molecule has 2 heterocycles. The number of nitrogens with one attached hydrogen (secondary N) is 1. The van der Waals surface area contributed by atoms with Crippen LogP contribution in [0.5, 0.6) is 5.75 Å². The van der Waals surface area contributed by atoms with Crippen LogP contribution >= 0.6 is 0 Å². The number of hydrogen-bond donors (Lipinski definition) is 1. The lowest BCUT2D eigenvalue weighted by atomic mass is 10.1. The second-order valence-electron chi connectivity index (χ2n) is 6.77. The maximum atomic E-state index is 12.9. The van der Waals surface area contributed by atoms with Crippen LogP contribution in [0.3, 0.4) is 0 Å². The molecule has 2 aromatic heterocycles. The Labute approximate surface area is 169 Å². The summed E-state index contributed by atoms with van der Waals surface area (Å²) in [7, 11) is 0. The topological polar surface area (TPSA) is 68.5 Å². The number of aryl methyl sites for hydroxylation is 1. The van der Waals surface area contributed by atoms with Gasteiger partial charge in [0, 0.05) is 17.4 Å². The van der Waals surface area contributed by atoms with Gasteiger partial charge in [-0.25, -0.2) is 9.50 Å². The first kappa shape index (κ1) is 18.7. The first-order chi connectivity index (χ1) is 14.2. The van der Waals surface area contributed by atoms with Crippen LogP contribution in [0, 0.1) is 6.92 Å². The molecule has 146 valence electrons. The lowest BCUT2D eigenvalue weighted by molar-refractivity contribution is 0.102. The minimum Gasteiger partial charge on any atom is -0.494 e. The number of hydrogen-bond acceptors (Lipinski definition) is 4. The number of rotatable bonds is 6. The third-order valence-electron chi connectivity index (χ3n) is 4.63. The average Bonchev–Trinajstić information content (AvgIpc) is 3.19. The molecule has 4 aromatic rings. The van der Waals surface area contributed by atoms with Gasteiger partial charge in [0.2, 0.25) is 0 Å². The molecule has 6 heteroatoms. The number of ether oxygens (including phenoxy) is 1. The van der Waals surface area contributed by atoms with E-state index in [-0.39, 0.29) is 5.91 Å². The maximum absolute atomic E-state index is 12.9. The van der Waals surface area contributed by atoms with E-state index in [0.29, 0.717) is 17.8 Å². The van der Waals surface area contributed by atoms with Gasteiger partial charge in [-0.15, -0.1) is 0 Å². The molecule has 1 N–H and O–H groups in total. The first-order valence-corrected chi connectivity index (χ1v) is 9.60. The van der Waals surface area contributed by atoms with E-state index in [1.165, 1.54) is 0 Å². The number of aromatic nitrogens is 3. The van der Waals surface area contributed by atoms with Crippen LogP contribution in [0.4, 0.5) is 5.69 Å². The third-order valence-corrected chi connectivity index (χ3v) is 4.63. The van der Waals surface area contributed by atoms with Gasteiger partial charge >= 0.3 is 0 Å². The Hall–Kier alpha value is -3.67. The van der Waals surface area contributed by atoms with Crippen LogP contribution in [0.15, 0.2) is 67.0 Å². The van der Waals surface area contributed by atoms with Crippen molar-refractivity contribution in [1.82, 2.24) is 14.6 Å².